The maximum atomic E-state index is 12.7. The quantitative estimate of drug-likeness (QED) is 0.623. The zero-order valence-corrected chi connectivity index (χ0v) is 15.6. The van der Waals surface area contributed by atoms with Crippen molar-refractivity contribution in [1.82, 2.24) is 20.9 Å². The van der Waals surface area contributed by atoms with Gasteiger partial charge in [0, 0.05) is 0 Å². The summed E-state index contributed by atoms with van der Waals surface area (Å²) in [5.74, 6) is -1.97. The molecule has 1 atom stereocenters. The molecule has 1 unspecified atom stereocenters. The molecule has 152 valence electrons. The molecule has 0 spiro atoms. The second-order valence-corrected chi connectivity index (χ2v) is 6.74. The Kier molecular flexibility index (Phi) is 6.09. The van der Waals surface area contributed by atoms with E-state index in [2.05, 4.69) is 5.32 Å². The fourth-order valence-corrected chi connectivity index (χ4v) is 2.68. The minimum absolute atomic E-state index is 0.139. The lowest BCUT2D eigenvalue weighted by molar-refractivity contribution is -0.134. The molecule has 2 rings (SSSR count). The van der Waals surface area contributed by atoms with Crippen molar-refractivity contribution < 1.29 is 32.3 Å². The van der Waals surface area contributed by atoms with Gasteiger partial charge in [0.2, 0.25) is 5.91 Å². The summed E-state index contributed by atoms with van der Waals surface area (Å²) in [7, 11) is 0. The predicted molar refractivity (Wildman–Crippen MR) is 91.7 cm³/mol. The van der Waals surface area contributed by atoms with Crippen molar-refractivity contribution in [2.75, 3.05) is 13.1 Å². The first-order valence-electron chi connectivity index (χ1n) is 7.57. The third kappa shape index (κ3) is 4.84. The Morgan fingerprint density at radius 1 is 1.21 bits per heavy atom. The summed E-state index contributed by atoms with van der Waals surface area (Å²) in [6, 6.07) is 1.91. The zero-order valence-electron chi connectivity index (χ0n) is 14.1. The molecule has 0 aliphatic carbocycles. The molecule has 1 aliphatic rings. The number of imide groups is 2. The lowest BCUT2D eigenvalue weighted by Crippen LogP contribution is -2.48. The number of hydrogen-bond acceptors (Lipinski definition) is 4. The van der Waals surface area contributed by atoms with Gasteiger partial charge in [-0.05, 0) is 24.6 Å². The SMILES string of the molecule is CC1(c2ccc(Cl)c(Cl)c2)NC(=O)N(CC(=O)NC(=O)NCC(F)(F)F)C1=O. The van der Waals surface area contributed by atoms with Crippen molar-refractivity contribution in [1.29, 1.82) is 0 Å². The number of carbonyl (C=O) groups is 4. The van der Waals surface area contributed by atoms with Crippen molar-refractivity contribution in [2.45, 2.75) is 18.6 Å². The van der Waals surface area contributed by atoms with Gasteiger partial charge in [0.05, 0.1) is 10.0 Å². The topological polar surface area (TPSA) is 108 Å². The summed E-state index contributed by atoms with van der Waals surface area (Å²) < 4.78 is 36.1. The van der Waals surface area contributed by atoms with Gasteiger partial charge < -0.3 is 10.6 Å². The fraction of sp³-hybridized carbons (Fsp3) is 0.333. The maximum Gasteiger partial charge on any atom is 0.405 e. The average Bonchev–Trinajstić information content (AvgIpc) is 2.79. The van der Waals surface area contributed by atoms with E-state index in [1.54, 1.807) is 5.32 Å². The molecule has 0 radical (unpaired) electrons. The van der Waals surface area contributed by atoms with E-state index < -0.39 is 48.7 Å². The van der Waals surface area contributed by atoms with Crippen molar-refractivity contribution in [2.24, 2.45) is 0 Å². The third-order valence-electron chi connectivity index (χ3n) is 3.78. The van der Waals surface area contributed by atoms with E-state index in [1.807, 2.05) is 0 Å². The summed E-state index contributed by atoms with van der Waals surface area (Å²) in [4.78, 5) is 48.4. The van der Waals surface area contributed by atoms with Crippen LogP contribution in [0.2, 0.25) is 10.0 Å². The summed E-state index contributed by atoms with van der Waals surface area (Å²) in [6.07, 6.45) is -4.66. The lowest BCUT2D eigenvalue weighted by atomic mass is 9.92. The van der Waals surface area contributed by atoms with Crippen LogP contribution in [0.4, 0.5) is 22.8 Å². The first-order chi connectivity index (χ1) is 12.8. The van der Waals surface area contributed by atoms with E-state index in [1.165, 1.54) is 30.4 Å². The predicted octanol–water partition coefficient (Wildman–Crippen LogP) is 2.15. The lowest BCUT2D eigenvalue weighted by Gasteiger charge is -2.22. The number of urea groups is 2. The fourth-order valence-electron chi connectivity index (χ4n) is 2.38. The molecule has 0 bridgehead atoms. The Morgan fingerprint density at radius 3 is 2.43 bits per heavy atom. The van der Waals surface area contributed by atoms with Crippen LogP contribution in [0, 0.1) is 0 Å². The van der Waals surface area contributed by atoms with Crippen molar-refractivity contribution in [3.05, 3.63) is 33.8 Å². The highest BCUT2D eigenvalue weighted by Gasteiger charge is 2.49. The normalized spacial score (nSPS) is 19.4. The first-order valence-corrected chi connectivity index (χ1v) is 8.33. The first kappa shape index (κ1) is 21.8. The van der Waals surface area contributed by atoms with Crippen LogP contribution in [0.25, 0.3) is 0 Å². The van der Waals surface area contributed by atoms with E-state index >= 15 is 0 Å². The largest absolute Gasteiger partial charge is 0.405 e. The number of benzene rings is 1. The van der Waals surface area contributed by atoms with Crippen LogP contribution in [0.5, 0.6) is 0 Å². The molecule has 8 nitrogen and oxygen atoms in total. The number of alkyl halides is 3. The smallest absolute Gasteiger partial charge is 0.329 e. The summed E-state index contributed by atoms with van der Waals surface area (Å²) in [5, 5.41) is 5.80. The van der Waals surface area contributed by atoms with Crippen LogP contribution in [0.15, 0.2) is 18.2 Å². The van der Waals surface area contributed by atoms with Gasteiger partial charge in [0.15, 0.2) is 0 Å². The van der Waals surface area contributed by atoms with E-state index in [9.17, 15) is 32.3 Å². The number of nitrogens with zero attached hydrogens (tertiary/aromatic N) is 1. The monoisotopic (exact) mass is 440 g/mol. The highest BCUT2D eigenvalue weighted by atomic mass is 35.5. The van der Waals surface area contributed by atoms with Crippen molar-refractivity contribution >= 4 is 47.1 Å². The number of hydrogen-bond donors (Lipinski definition) is 3. The Bertz CT molecular complexity index is 849. The van der Waals surface area contributed by atoms with Gasteiger partial charge >= 0.3 is 18.2 Å². The van der Waals surface area contributed by atoms with E-state index in [4.69, 9.17) is 23.2 Å². The average molecular weight is 441 g/mol. The summed E-state index contributed by atoms with van der Waals surface area (Å²) in [5.41, 5.74) is -1.25. The molecule has 0 aromatic heterocycles. The maximum absolute atomic E-state index is 12.7. The van der Waals surface area contributed by atoms with Crippen LogP contribution >= 0.6 is 23.2 Å². The van der Waals surface area contributed by atoms with Gasteiger partial charge in [-0.2, -0.15) is 13.2 Å². The van der Waals surface area contributed by atoms with E-state index in [0.717, 1.165) is 0 Å². The molecule has 0 saturated carbocycles. The molecule has 1 heterocycles. The van der Waals surface area contributed by atoms with Crippen LogP contribution in [0.1, 0.15) is 12.5 Å². The summed E-state index contributed by atoms with van der Waals surface area (Å²) in [6.45, 7) is -1.15. The Hall–Kier alpha value is -2.53. The van der Waals surface area contributed by atoms with Crippen molar-refractivity contribution in [3.8, 4) is 0 Å². The van der Waals surface area contributed by atoms with Crippen molar-refractivity contribution in [3.63, 3.8) is 0 Å². The molecule has 3 N–H and O–H groups in total. The molecule has 1 saturated heterocycles. The number of halogens is 5. The molecule has 13 heteroatoms. The zero-order chi connectivity index (χ0) is 21.3. The van der Waals surface area contributed by atoms with Gasteiger partial charge in [-0.1, -0.05) is 29.3 Å². The highest BCUT2D eigenvalue weighted by Crippen LogP contribution is 2.32. The molecule has 28 heavy (non-hydrogen) atoms. The number of nitrogens with one attached hydrogen (secondary N) is 3. The second kappa shape index (κ2) is 7.84. The van der Waals surface area contributed by atoms with Gasteiger partial charge in [-0.25, -0.2) is 9.59 Å². The standard InChI is InChI=1S/C15H13Cl2F3N4O4/c1-14(7-2-3-8(16)9(17)4-7)11(26)24(13(28)23-14)5-10(25)22-12(27)21-6-15(18,19)20/h2-4H,5-6H2,1H3,(H,23,28)(H2,21,22,25,27). The Labute approximate surface area is 166 Å². The molecule has 1 aliphatic heterocycles. The van der Waals surface area contributed by atoms with Gasteiger partial charge in [0.1, 0.15) is 18.6 Å². The number of amides is 6. The second-order valence-electron chi connectivity index (χ2n) is 5.92. The molecule has 1 aromatic carbocycles. The van der Waals surface area contributed by atoms with E-state index in [0.29, 0.717) is 10.5 Å². The molecule has 6 amide bonds. The highest BCUT2D eigenvalue weighted by molar-refractivity contribution is 6.42. The minimum atomic E-state index is -4.66. The van der Waals surface area contributed by atoms with Gasteiger partial charge in [0.25, 0.3) is 5.91 Å². The minimum Gasteiger partial charge on any atom is -0.329 e. The molecular formula is C15H13Cl2F3N4O4. The Balaban J connectivity index is 2.06. The third-order valence-corrected chi connectivity index (χ3v) is 4.52. The van der Waals surface area contributed by atoms with Crippen LogP contribution < -0.4 is 16.0 Å². The molecular weight excluding hydrogens is 428 g/mol. The van der Waals surface area contributed by atoms with Crippen LogP contribution in [0.3, 0.4) is 0 Å². The Morgan fingerprint density at radius 2 is 1.86 bits per heavy atom. The van der Waals surface area contributed by atoms with Crippen LogP contribution in [-0.4, -0.2) is 48.0 Å². The molecule has 1 fully saturated rings. The number of rotatable bonds is 4. The molecule has 1 aromatic rings. The van der Waals surface area contributed by atoms with Gasteiger partial charge in [-0.15, -0.1) is 0 Å². The summed E-state index contributed by atoms with van der Waals surface area (Å²) >= 11 is 11.7. The van der Waals surface area contributed by atoms with E-state index in [-0.39, 0.29) is 10.0 Å². The van der Waals surface area contributed by atoms with Crippen LogP contribution in [-0.2, 0) is 15.1 Å². The number of carbonyl (C=O) groups excluding carboxylic acids is 4. The van der Waals surface area contributed by atoms with Gasteiger partial charge in [-0.3, -0.25) is 19.8 Å².